The summed E-state index contributed by atoms with van der Waals surface area (Å²) in [6.07, 6.45) is 4.19. The Kier molecular flexibility index (Phi) is 6.03. The Labute approximate surface area is 166 Å². The van der Waals surface area contributed by atoms with E-state index in [1.807, 2.05) is 43.5 Å². The fourth-order valence-electron chi connectivity index (χ4n) is 2.60. The van der Waals surface area contributed by atoms with Gasteiger partial charge in [0.15, 0.2) is 6.04 Å². The highest BCUT2D eigenvalue weighted by Gasteiger charge is 2.28. The number of benzene rings is 1. The molecule has 148 valence electrons. The fourth-order valence-corrected chi connectivity index (χ4v) is 2.60. The molecule has 0 fully saturated rings. The normalized spacial score (nSPS) is 11.6. The Balaban J connectivity index is 1.76. The van der Waals surface area contributed by atoms with Crippen molar-refractivity contribution in [1.82, 2.24) is 19.7 Å². The van der Waals surface area contributed by atoms with Gasteiger partial charge in [-0.2, -0.15) is 10.1 Å². The smallest absolute Gasteiger partial charge is 0.267 e. The van der Waals surface area contributed by atoms with E-state index in [0.29, 0.717) is 18.7 Å². The number of hydrogen-bond donors (Lipinski definition) is 4. The Morgan fingerprint density at radius 2 is 1.97 bits per heavy atom. The van der Waals surface area contributed by atoms with E-state index in [9.17, 15) is 9.59 Å². The molecule has 10 heteroatoms. The van der Waals surface area contributed by atoms with Crippen LogP contribution in [0, 0.1) is 10.9 Å². The third-order valence-electron chi connectivity index (χ3n) is 4.08. The van der Waals surface area contributed by atoms with E-state index < -0.39 is 23.6 Å². The van der Waals surface area contributed by atoms with Crippen LogP contribution in [0.15, 0.2) is 53.9 Å². The predicted molar refractivity (Wildman–Crippen MR) is 107 cm³/mol. The van der Waals surface area contributed by atoms with Crippen LogP contribution in [0.5, 0.6) is 0 Å². The standard InChI is InChI=1S/C19H20N8O2/c1-2-9-22-17(28)15(20)16(26-21)18(29)24-14-8-10-27-11-13(23-19(27)25-14)12-6-4-3-5-7-12/h3-8,10-11,16,20-21H,2,9H2,1H3,(H,22,28)(H,23,24,25,29). The second-order valence-electron chi connectivity index (χ2n) is 6.20. The molecule has 1 unspecified atom stereocenters. The second-order valence-corrected chi connectivity index (χ2v) is 6.20. The lowest BCUT2D eigenvalue weighted by Gasteiger charge is -2.12. The highest BCUT2D eigenvalue weighted by atomic mass is 16.2. The Hall–Kier alpha value is -3.95. The average molecular weight is 392 g/mol. The van der Waals surface area contributed by atoms with Crippen molar-refractivity contribution < 1.29 is 9.59 Å². The number of nitrogens with zero attached hydrogens (tertiary/aromatic N) is 4. The number of nitrogens with one attached hydrogen (secondary N) is 4. The molecule has 0 aliphatic rings. The average Bonchev–Trinajstić information content (AvgIpc) is 3.16. The number of amides is 2. The first-order valence-electron chi connectivity index (χ1n) is 8.98. The van der Waals surface area contributed by atoms with Crippen LogP contribution in [-0.2, 0) is 9.59 Å². The lowest BCUT2D eigenvalue weighted by Crippen LogP contribution is -2.42. The first-order chi connectivity index (χ1) is 14.0. The molecule has 2 heterocycles. The van der Waals surface area contributed by atoms with Crippen LogP contribution in [-0.4, -0.2) is 44.5 Å². The van der Waals surface area contributed by atoms with Crippen molar-refractivity contribution in [2.45, 2.75) is 19.4 Å². The number of hydrogen-bond acceptors (Lipinski definition) is 7. The van der Waals surface area contributed by atoms with E-state index >= 15 is 0 Å². The van der Waals surface area contributed by atoms with Crippen molar-refractivity contribution in [3.63, 3.8) is 0 Å². The zero-order valence-electron chi connectivity index (χ0n) is 15.7. The van der Waals surface area contributed by atoms with Crippen LogP contribution in [0.1, 0.15) is 13.3 Å². The van der Waals surface area contributed by atoms with Crippen molar-refractivity contribution in [2.75, 3.05) is 11.9 Å². The van der Waals surface area contributed by atoms with Gasteiger partial charge in [-0.05, 0) is 12.5 Å². The molecule has 4 N–H and O–H groups in total. The second kappa shape index (κ2) is 8.83. The molecular weight excluding hydrogens is 372 g/mol. The predicted octanol–water partition coefficient (Wildman–Crippen LogP) is 2.28. The third kappa shape index (κ3) is 4.49. The monoisotopic (exact) mass is 392 g/mol. The maximum atomic E-state index is 12.4. The number of rotatable bonds is 8. The van der Waals surface area contributed by atoms with Crippen LogP contribution in [0.4, 0.5) is 5.82 Å². The topological polar surface area (TPSA) is 148 Å². The molecule has 2 aromatic heterocycles. The van der Waals surface area contributed by atoms with Gasteiger partial charge in [-0.1, -0.05) is 37.3 Å². The molecule has 3 rings (SSSR count). The Morgan fingerprint density at radius 3 is 2.66 bits per heavy atom. The van der Waals surface area contributed by atoms with Gasteiger partial charge in [0.05, 0.1) is 5.69 Å². The number of carbonyl (C=O) groups excluding carboxylic acids is 2. The zero-order valence-corrected chi connectivity index (χ0v) is 15.7. The van der Waals surface area contributed by atoms with Crippen LogP contribution >= 0.6 is 0 Å². The fraction of sp³-hybridized carbons (Fsp3) is 0.211. The van der Waals surface area contributed by atoms with Gasteiger partial charge in [-0.3, -0.25) is 19.4 Å². The molecule has 1 aromatic carbocycles. The number of carbonyl (C=O) groups is 2. The molecular formula is C19H20N8O2. The highest BCUT2D eigenvalue weighted by molar-refractivity contribution is 6.44. The summed E-state index contributed by atoms with van der Waals surface area (Å²) in [7, 11) is 0. The van der Waals surface area contributed by atoms with Gasteiger partial charge in [0.25, 0.3) is 11.8 Å². The first-order valence-corrected chi connectivity index (χ1v) is 8.98. The molecule has 0 radical (unpaired) electrons. The summed E-state index contributed by atoms with van der Waals surface area (Å²) in [5, 5.41) is 15.9. The number of imidazole rings is 1. The van der Waals surface area contributed by atoms with E-state index in [-0.39, 0.29) is 5.82 Å². The van der Waals surface area contributed by atoms with Crippen molar-refractivity contribution >= 4 is 29.1 Å². The van der Waals surface area contributed by atoms with Gasteiger partial charge in [0.1, 0.15) is 11.5 Å². The van der Waals surface area contributed by atoms with E-state index in [4.69, 9.17) is 10.9 Å². The highest BCUT2D eigenvalue weighted by Crippen LogP contribution is 2.18. The van der Waals surface area contributed by atoms with Gasteiger partial charge < -0.3 is 10.6 Å². The summed E-state index contributed by atoms with van der Waals surface area (Å²) >= 11 is 0. The summed E-state index contributed by atoms with van der Waals surface area (Å²) in [5.74, 6) is -0.963. The van der Waals surface area contributed by atoms with Crippen molar-refractivity contribution in [2.24, 2.45) is 5.11 Å². The van der Waals surface area contributed by atoms with E-state index in [1.54, 1.807) is 16.7 Å². The van der Waals surface area contributed by atoms with Gasteiger partial charge in [-0.15, -0.1) is 0 Å². The molecule has 0 bridgehead atoms. The largest absolute Gasteiger partial charge is 0.351 e. The molecule has 3 aromatic rings. The summed E-state index contributed by atoms with van der Waals surface area (Å²) in [6, 6.07) is 9.61. The Morgan fingerprint density at radius 1 is 1.21 bits per heavy atom. The molecule has 29 heavy (non-hydrogen) atoms. The molecule has 0 saturated heterocycles. The van der Waals surface area contributed by atoms with E-state index in [0.717, 1.165) is 11.3 Å². The van der Waals surface area contributed by atoms with Crippen LogP contribution in [0.25, 0.3) is 17.0 Å². The molecule has 0 saturated carbocycles. The molecule has 2 amide bonds. The summed E-state index contributed by atoms with van der Waals surface area (Å²) in [6.45, 7) is 2.24. The van der Waals surface area contributed by atoms with Crippen molar-refractivity contribution in [3.05, 3.63) is 48.8 Å². The molecule has 10 nitrogen and oxygen atoms in total. The minimum absolute atomic E-state index is 0.183. The van der Waals surface area contributed by atoms with Crippen molar-refractivity contribution in [3.8, 4) is 11.3 Å². The number of aromatic nitrogens is 3. The molecule has 0 aliphatic carbocycles. The van der Waals surface area contributed by atoms with E-state index in [2.05, 4.69) is 25.7 Å². The van der Waals surface area contributed by atoms with Gasteiger partial charge in [0.2, 0.25) is 5.78 Å². The maximum Gasteiger partial charge on any atom is 0.267 e. The zero-order chi connectivity index (χ0) is 20.8. The Bertz CT molecular complexity index is 1060. The quantitative estimate of drug-likeness (QED) is 0.344. The summed E-state index contributed by atoms with van der Waals surface area (Å²) in [5.41, 5.74) is 8.26. The minimum Gasteiger partial charge on any atom is -0.351 e. The lowest BCUT2D eigenvalue weighted by molar-refractivity contribution is -0.118. The minimum atomic E-state index is -1.55. The summed E-state index contributed by atoms with van der Waals surface area (Å²) in [4.78, 5) is 33.0. The van der Waals surface area contributed by atoms with Gasteiger partial charge >= 0.3 is 0 Å². The molecule has 0 aliphatic heterocycles. The number of fused-ring (bicyclic) bond motifs is 1. The van der Waals surface area contributed by atoms with E-state index in [1.165, 1.54) is 0 Å². The third-order valence-corrected chi connectivity index (χ3v) is 4.08. The van der Waals surface area contributed by atoms with Gasteiger partial charge in [0, 0.05) is 24.5 Å². The summed E-state index contributed by atoms with van der Waals surface area (Å²) < 4.78 is 1.71. The van der Waals surface area contributed by atoms with Crippen LogP contribution in [0.3, 0.4) is 0 Å². The van der Waals surface area contributed by atoms with Crippen LogP contribution in [0.2, 0.25) is 0 Å². The number of anilines is 1. The SMILES string of the molecule is CCCNC(=O)C(=N)C(N=N)C(=O)Nc1ccn2cc(-c3ccccc3)nc2n1. The van der Waals surface area contributed by atoms with Crippen molar-refractivity contribution in [1.29, 1.82) is 10.9 Å². The van der Waals surface area contributed by atoms with Gasteiger partial charge in [-0.25, -0.2) is 10.5 Å². The molecule has 0 spiro atoms. The lowest BCUT2D eigenvalue weighted by atomic mass is 10.1. The first kappa shape index (κ1) is 19.8. The maximum absolute atomic E-state index is 12.4. The molecule has 1 atom stereocenters. The van der Waals surface area contributed by atoms with Crippen LogP contribution < -0.4 is 10.6 Å².